The number of benzene rings is 1. The molecule has 1 aromatic carbocycles. The van der Waals surface area contributed by atoms with E-state index in [2.05, 4.69) is 5.32 Å². The fourth-order valence-corrected chi connectivity index (χ4v) is 3.55. The Labute approximate surface area is 172 Å². The Balaban J connectivity index is 2.13. The minimum absolute atomic E-state index is 0.0450. The number of ketones is 1. The first kappa shape index (κ1) is 20.7. The third-order valence-electron chi connectivity index (χ3n) is 4.56. The van der Waals surface area contributed by atoms with Crippen molar-refractivity contribution in [2.24, 2.45) is 7.05 Å². The SMILES string of the molecule is CCCn1c2c(c(=O)n(C)c1=O)C(=O)/C(=C/c1cc(Cl)c(OC)c(OCC)c1)N2. The van der Waals surface area contributed by atoms with Gasteiger partial charge in [0.05, 0.1) is 24.4 Å². The van der Waals surface area contributed by atoms with Crippen LogP contribution in [0.2, 0.25) is 5.02 Å². The summed E-state index contributed by atoms with van der Waals surface area (Å²) in [6.07, 6.45) is 2.24. The van der Waals surface area contributed by atoms with Crippen molar-refractivity contribution in [2.45, 2.75) is 26.8 Å². The molecule has 0 radical (unpaired) electrons. The molecule has 0 saturated carbocycles. The molecule has 0 atom stereocenters. The van der Waals surface area contributed by atoms with Gasteiger partial charge in [0, 0.05) is 13.6 Å². The molecule has 0 amide bonds. The average molecular weight is 420 g/mol. The molecule has 0 bridgehead atoms. The van der Waals surface area contributed by atoms with Crippen molar-refractivity contribution >= 4 is 29.3 Å². The highest BCUT2D eigenvalue weighted by molar-refractivity contribution is 6.32. The maximum Gasteiger partial charge on any atom is 0.332 e. The lowest BCUT2D eigenvalue weighted by Crippen LogP contribution is -2.40. The number of ether oxygens (including phenoxy) is 2. The number of aromatic nitrogens is 2. The summed E-state index contributed by atoms with van der Waals surface area (Å²) in [5, 5.41) is 3.27. The lowest BCUT2D eigenvalue weighted by molar-refractivity contribution is 0.104. The van der Waals surface area contributed by atoms with E-state index in [0.29, 0.717) is 41.7 Å². The maximum absolute atomic E-state index is 12.9. The number of carbonyl (C=O) groups is 1. The number of nitrogens with one attached hydrogen (secondary N) is 1. The summed E-state index contributed by atoms with van der Waals surface area (Å²) in [6.45, 7) is 4.53. The predicted octanol–water partition coefficient (Wildman–Crippen LogP) is 2.67. The van der Waals surface area contributed by atoms with Crippen molar-refractivity contribution in [3.8, 4) is 11.5 Å². The van der Waals surface area contributed by atoms with Crippen LogP contribution < -0.4 is 26.0 Å². The number of hydrogen-bond donors (Lipinski definition) is 1. The zero-order chi connectivity index (χ0) is 21.3. The molecule has 1 aliphatic heterocycles. The molecule has 3 rings (SSSR count). The van der Waals surface area contributed by atoms with Gasteiger partial charge in [-0.1, -0.05) is 18.5 Å². The maximum atomic E-state index is 12.9. The summed E-state index contributed by atoms with van der Waals surface area (Å²) in [5.41, 5.74) is -0.374. The number of anilines is 1. The Bertz CT molecular complexity index is 1130. The van der Waals surface area contributed by atoms with E-state index in [0.717, 1.165) is 4.57 Å². The number of methoxy groups -OCH3 is 1. The summed E-state index contributed by atoms with van der Waals surface area (Å²) >= 11 is 6.28. The van der Waals surface area contributed by atoms with Crippen LogP contribution in [0.5, 0.6) is 11.5 Å². The van der Waals surface area contributed by atoms with E-state index in [1.807, 2.05) is 13.8 Å². The van der Waals surface area contributed by atoms with E-state index < -0.39 is 17.0 Å². The van der Waals surface area contributed by atoms with Crippen molar-refractivity contribution in [1.82, 2.24) is 9.13 Å². The van der Waals surface area contributed by atoms with E-state index >= 15 is 0 Å². The Hall–Kier alpha value is -3.00. The van der Waals surface area contributed by atoms with E-state index in [9.17, 15) is 14.4 Å². The quantitative estimate of drug-likeness (QED) is 0.724. The van der Waals surface area contributed by atoms with Gasteiger partial charge in [-0.15, -0.1) is 0 Å². The van der Waals surface area contributed by atoms with Gasteiger partial charge >= 0.3 is 5.69 Å². The number of rotatable bonds is 6. The van der Waals surface area contributed by atoms with Crippen LogP contribution in [0, 0.1) is 0 Å². The Morgan fingerprint density at radius 2 is 1.93 bits per heavy atom. The minimum atomic E-state index is -0.624. The Kier molecular flexibility index (Phi) is 5.83. The molecule has 8 nitrogen and oxygen atoms in total. The van der Waals surface area contributed by atoms with Crippen molar-refractivity contribution < 1.29 is 14.3 Å². The lowest BCUT2D eigenvalue weighted by atomic mass is 10.1. The van der Waals surface area contributed by atoms with E-state index in [1.165, 1.54) is 18.7 Å². The molecule has 2 heterocycles. The number of hydrogen-bond acceptors (Lipinski definition) is 6. The highest BCUT2D eigenvalue weighted by atomic mass is 35.5. The van der Waals surface area contributed by atoms with Crippen LogP contribution >= 0.6 is 11.6 Å². The van der Waals surface area contributed by atoms with E-state index in [-0.39, 0.29) is 17.1 Å². The standard InChI is InChI=1S/C20H22ClN3O5/c1-5-7-24-18-15(19(26)23(3)20(24)27)16(25)13(22-18)9-11-8-12(21)17(28-4)14(10-11)29-6-2/h8-10,22H,5-7H2,1-4H3/b13-9-. The Morgan fingerprint density at radius 3 is 2.55 bits per heavy atom. The van der Waals surface area contributed by atoms with Gasteiger partial charge < -0.3 is 14.8 Å². The normalized spacial score (nSPS) is 14.1. The van der Waals surface area contributed by atoms with Gasteiger partial charge in [0.2, 0.25) is 5.78 Å². The second-order valence-electron chi connectivity index (χ2n) is 6.50. The minimum Gasteiger partial charge on any atom is -0.491 e. The average Bonchev–Trinajstić information content (AvgIpc) is 3.00. The molecule has 1 N–H and O–H groups in total. The van der Waals surface area contributed by atoms with Crippen LogP contribution in [0.15, 0.2) is 27.4 Å². The summed E-state index contributed by atoms with van der Waals surface area (Å²) in [5.74, 6) is 0.586. The second kappa shape index (κ2) is 8.16. The number of nitrogens with zero attached hydrogens (tertiary/aromatic N) is 2. The monoisotopic (exact) mass is 419 g/mol. The largest absolute Gasteiger partial charge is 0.491 e. The summed E-state index contributed by atoms with van der Waals surface area (Å²) in [4.78, 5) is 37.9. The molecule has 1 aliphatic rings. The van der Waals surface area contributed by atoms with Crippen molar-refractivity contribution in [2.75, 3.05) is 19.0 Å². The number of fused-ring (bicyclic) bond motifs is 1. The van der Waals surface area contributed by atoms with E-state index in [1.54, 1.807) is 18.2 Å². The molecule has 0 fully saturated rings. The highest BCUT2D eigenvalue weighted by Crippen LogP contribution is 2.37. The first-order valence-corrected chi connectivity index (χ1v) is 9.59. The molecule has 0 unspecified atom stereocenters. The zero-order valence-electron chi connectivity index (χ0n) is 16.7. The van der Waals surface area contributed by atoms with Gasteiger partial charge in [-0.05, 0) is 37.1 Å². The first-order chi connectivity index (χ1) is 13.8. The topological polar surface area (TPSA) is 91.6 Å². The molecule has 1 aromatic heterocycles. The van der Waals surface area contributed by atoms with Crippen LogP contribution in [-0.4, -0.2) is 28.6 Å². The number of allylic oxidation sites excluding steroid dienone is 1. The van der Waals surface area contributed by atoms with Gasteiger partial charge in [-0.3, -0.25) is 18.7 Å². The molecule has 0 aliphatic carbocycles. The molecule has 2 aromatic rings. The van der Waals surface area contributed by atoms with Gasteiger partial charge in [0.15, 0.2) is 11.5 Å². The van der Waals surface area contributed by atoms with Crippen LogP contribution in [0.4, 0.5) is 5.82 Å². The Morgan fingerprint density at radius 1 is 1.21 bits per heavy atom. The van der Waals surface area contributed by atoms with Gasteiger partial charge in [0.1, 0.15) is 11.4 Å². The molecule has 9 heteroatoms. The van der Waals surface area contributed by atoms with Crippen molar-refractivity contribution in [1.29, 1.82) is 0 Å². The zero-order valence-corrected chi connectivity index (χ0v) is 17.4. The molecule has 0 spiro atoms. The van der Waals surface area contributed by atoms with Crippen molar-refractivity contribution in [3.63, 3.8) is 0 Å². The van der Waals surface area contributed by atoms with Gasteiger partial charge in [0.25, 0.3) is 5.56 Å². The molecular formula is C20H22ClN3O5. The lowest BCUT2D eigenvalue weighted by Gasteiger charge is -2.12. The predicted molar refractivity (Wildman–Crippen MR) is 111 cm³/mol. The number of carbonyl (C=O) groups excluding carboxylic acids is 1. The second-order valence-corrected chi connectivity index (χ2v) is 6.91. The van der Waals surface area contributed by atoms with Gasteiger partial charge in [-0.2, -0.15) is 0 Å². The summed E-state index contributed by atoms with van der Waals surface area (Å²) < 4.78 is 13.2. The van der Waals surface area contributed by atoms with Crippen LogP contribution in [0.1, 0.15) is 36.2 Å². The van der Waals surface area contributed by atoms with Crippen LogP contribution in [0.3, 0.4) is 0 Å². The van der Waals surface area contributed by atoms with Crippen LogP contribution in [0.25, 0.3) is 6.08 Å². The molecular weight excluding hydrogens is 398 g/mol. The molecule has 29 heavy (non-hydrogen) atoms. The molecule has 0 saturated heterocycles. The summed E-state index contributed by atoms with van der Waals surface area (Å²) in [6, 6.07) is 3.32. The van der Waals surface area contributed by atoms with Crippen molar-refractivity contribution in [3.05, 3.63) is 54.8 Å². The first-order valence-electron chi connectivity index (χ1n) is 9.21. The third kappa shape index (κ3) is 3.55. The number of halogens is 1. The van der Waals surface area contributed by atoms with Gasteiger partial charge in [-0.25, -0.2) is 4.79 Å². The fraction of sp³-hybridized carbons (Fsp3) is 0.350. The van der Waals surface area contributed by atoms with Crippen LogP contribution in [-0.2, 0) is 13.6 Å². The smallest absolute Gasteiger partial charge is 0.332 e. The number of Topliss-reactive ketones (excluding diaryl/α,β-unsaturated/α-hetero) is 1. The third-order valence-corrected chi connectivity index (χ3v) is 4.84. The molecule has 154 valence electrons. The highest BCUT2D eigenvalue weighted by Gasteiger charge is 2.32. The summed E-state index contributed by atoms with van der Waals surface area (Å²) in [7, 11) is 2.85. The fourth-order valence-electron chi connectivity index (χ4n) is 3.25. The van der Waals surface area contributed by atoms with E-state index in [4.69, 9.17) is 21.1 Å².